The highest BCUT2D eigenvalue weighted by Crippen LogP contribution is 2.42. The van der Waals surface area contributed by atoms with Crippen LogP contribution in [0.2, 0.25) is 0 Å². The Morgan fingerprint density at radius 1 is 0.848 bits per heavy atom. The second kappa shape index (κ2) is 11.9. The quantitative estimate of drug-likeness (QED) is 0.415. The summed E-state index contributed by atoms with van der Waals surface area (Å²) >= 11 is 0. The molecule has 0 fully saturated rings. The van der Waals surface area contributed by atoms with Crippen molar-refractivity contribution >= 4 is 17.9 Å². The van der Waals surface area contributed by atoms with Crippen molar-refractivity contribution in [3.05, 3.63) is 46.3 Å². The molecule has 0 bridgehead atoms. The Morgan fingerprint density at radius 2 is 1.39 bits per heavy atom. The molecule has 0 aromatic heterocycles. The first-order chi connectivity index (χ1) is 15.8. The Labute approximate surface area is 193 Å². The third kappa shape index (κ3) is 6.06. The second-order valence-corrected chi connectivity index (χ2v) is 7.08. The summed E-state index contributed by atoms with van der Waals surface area (Å²) in [6, 6.07) is 4.99. The van der Waals surface area contributed by atoms with Crippen molar-refractivity contribution in [3.8, 4) is 11.5 Å². The summed E-state index contributed by atoms with van der Waals surface area (Å²) in [5, 5.41) is 3.09. The molecule has 0 spiro atoms. The molecule has 0 atom stereocenters. The number of carbonyl (C=O) groups excluding carboxylic acids is 3. The number of rotatable bonds is 10. The van der Waals surface area contributed by atoms with Crippen LogP contribution in [0.1, 0.15) is 46.1 Å². The van der Waals surface area contributed by atoms with Crippen LogP contribution in [0.5, 0.6) is 11.5 Å². The lowest BCUT2D eigenvalue weighted by molar-refractivity contribution is -0.145. The number of hydrogen-bond acceptors (Lipinski definition) is 9. The van der Waals surface area contributed by atoms with E-state index in [1.165, 1.54) is 7.11 Å². The third-order valence-corrected chi connectivity index (χ3v) is 4.92. The standard InChI is InChI=1S/C24H31NO8/c1-7-30-19(26)13-33-17-11-10-16(12-18(17)29-6)22-20(23(27)31-8-2)14(4)25-15(5)21(22)24(28)32-9-3/h10-12,22,25H,7-9,13H2,1-6H3. The third-order valence-electron chi connectivity index (χ3n) is 4.92. The fourth-order valence-electron chi connectivity index (χ4n) is 3.61. The average Bonchev–Trinajstić information content (AvgIpc) is 2.77. The molecule has 0 saturated carbocycles. The smallest absolute Gasteiger partial charge is 0.344 e. The largest absolute Gasteiger partial charge is 0.493 e. The lowest BCUT2D eigenvalue weighted by Crippen LogP contribution is -2.32. The molecule has 1 aliphatic heterocycles. The molecule has 0 radical (unpaired) electrons. The van der Waals surface area contributed by atoms with Gasteiger partial charge in [-0.25, -0.2) is 14.4 Å². The summed E-state index contributed by atoms with van der Waals surface area (Å²) in [4.78, 5) is 37.4. The van der Waals surface area contributed by atoms with E-state index in [2.05, 4.69) is 5.32 Å². The number of hydrogen-bond donors (Lipinski definition) is 1. The highest BCUT2D eigenvalue weighted by molar-refractivity contribution is 6.00. The van der Waals surface area contributed by atoms with Crippen LogP contribution in [0.25, 0.3) is 0 Å². The van der Waals surface area contributed by atoms with E-state index in [1.54, 1.807) is 52.8 Å². The molecule has 9 nitrogen and oxygen atoms in total. The maximum atomic E-state index is 12.9. The van der Waals surface area contributed by atoms with Crippen molar-refractivity contribution in [3.63, 3.8) is 0 Å². The number of dihydropyridines is 1. The summed E-state index contributed by atoms with van der Waals surface area (Å²) in [5.74, 6) is -1.69. The van der Waals surface area contributed by atoms with Gasteiger partial charge in [-0.15, -0.1) is 0 Å². The van der Waals surface area contributed by atoms with Gasteiger partial charge in [0.15, 0.2) is 18.1 Å². The maximum absolute atomic E-state index is 12.9. The van der Waals surface area contributed by atoms with Crippen molar-refractivity contribution < 1.29 is 38.1 Å². The topological polar surface area (TPSA) is 109 Å². The molecule has 0 amide bonds. The van der Waals surface area contributed by atoms with Crippen molar-refractivity contribution in [2.75, 3.05) is 33.5 Å². The van der Waals surface area contributed by atoms with Gasteiger partial charge >= 0.3 is 17.9 Å². The van der Waals surface area contributed by atoms with E-state index in [9.17, 15) is 14.4 Å². The van der Waals surface area contributed by atoms with Crippen molar-refractivity contribution in [2.24, 2.45) is 0 Å². The molecule has 0 aliphatic carbocycles. The maximum Gasteiger partial charge on any atom is 0.344 e. The molecule has 0 unspecified atom stereocenters. The Bertz CT molecular complexity index is 923. The number of allylic oxidation sites excluding steroid dienone is 2. The Morgan fingerprint density at radius 3 is 1.88 bits per heavy atom. The van der Waals surface area contributed by atoms with E-state index in [1.807, 2.05) is 0 Å². The van der Waals surface area contributed by atoms with E-state index in [0.29, 0.717) is 39.6 Å². The van der Waals surface area contributed by atoms with Gasteiger partial charge < -0.3 is 29.0 Å². The van der Waals surface area contributed by atoms with Gasteiger partial charge in [0, 0.05) is 11.4 Å². The molecule has 9 heteroatoms. The van der Waals surface area contributed by atoms with Gasteiger partial charge in [-0.1, -0.05) is 6.07 Å². The number of methoxy groups -OCH3 is 1. The Balaban J connectivity index is 2.55. The predicted octanol–water partition coefficient (Wildman–Crippen LogP) is 3.00. The van der Waals surface area contributed by atoms with E-state index in [4.69, 9.17) is 23.7 Å². The molecule has 1 N–H and O–H groups in total. The minimum atomic E-state index is -0.752. The van der Waals surface area contributed by atoms with Crippen molar-refractivity contribution in [2.45, 2.75) is 40.5 Å². The summed E-state index contributed by atoms with van der Waals surface area (Å²) in [5.41, 5.74) is 2.35. The Kier molecular flexibility index (Phi) is 9.32. The van der Waals surface area contributed by atoms with Gasteiger partial charge in [-0.2, -0.15) is 0 Å². The van der Waals surface area contributed by atoms with Crippen LogP contribution < -0.4 is 14.8 Å². The first kappa shape index (κ1) is 25.8. The van der Waals surface area contributed by atoms with E-state index < -0.39 is 23.8 Å². The monoisotopic (exact) mass is 461 g/mol. The van der Waals surface area contributed by atoms with Gasteiger partial charge in [-0.3, -0.25) is 0 Å². The number of ether oxygens (including phenoxy) is 5. The van der Waals surface area contributed by atoms with Crippen LogP contribution in [-0.2, 0) is 28.6 Å². The number of esters is 3. The van der Waals surface area contributed by atoms with Gasteiger partial charge in [0.05, 0.1) is 44.0 Å². The fourth-order valence-corrected chi connectivity index (χ4v) is 3.61. The fraction of sp³-hybridized carbons (Fsp3) is 0.458. The summed E-state index contributed by atoms with van der Waals surface area (Å²) < 4.78 is 26.4. The molecule has 2 rings (SSSR count). The molecule has 0 saturated heterocycles. The molecule has 1 aliphatic rings. The predicted molar refractivity (Wildman–Crippen MR) is 120 cm³/mol. The van der Waals surface area contributed by atoms with Crippen LogP contribution in [0.3, 0.4) is 0 Å². The number of benzene rings is 1. The Hall–Kier alpha value is -3.49. The second-order valence-electron chi connectivity index (χ2n) is 7.08. The minimum Gasteiger partial charge on any atom is -0.493 e. The zero-order valence-electron chi connectivity index (χ0n) is 19.9. The first-order valence-electron chi connectivity index (χ1n) is 10.8. The lowest BCUT2D eigenvalue weighted by atomic mass is 9.80. The molecule has 33 heavy (non-hydrogen) atoms. The number of nitrogens with one attached hydrogen (secondary N) is 1. The van der Waals surface area contributed by atoms with Gasteiger partial charge in [-0.05, 0) is 52.3 Å². The van der Waals surface area contributed by atoms with Crippen molar-refractivity contribution in [1.29, 1.82) is 0 Å². The summed E-state index contributed by atoms with van der Waals surface area (Å²) in [6.07, 6.45) is 0. The van der Waals surface area contributed by atoms with E-state index in [-0.39, 0.29) is 26.4 Å². The lowest BCUT2D eigenvalue weighted by Gasteiger charge is -2.30. The zero-order valence-corrected chi connectivity index (χ0v) is 19.9. The average molecular weight is 462 g/mol. The van der Waals surface area contributed by atoms with E-state index >= 15 is 0 Å². The molecule has 180 valence electrons. The zero-order chi connectivity index (χ0) is 24.5. The highest BCUT2D eigenvalue weighted by Gasteiger charge is 2.38. The van der Waals surface area contributed by atoms with Gasteiger partial charge in [0.1, 0.15) is 0 Å². The molecular formula is C24H31NO8. The molecular weight excluding hydrogens is 430 g/mol. The molecule has 1 aromatic rings. The van der Waals surface area contributed by atoms with Crippen LogP contribution in [0, 0.1) is 0 Å². The van der Waals surface area contributed by atoms with Crippen LogP contribution in [0.15, 0.2) is 40.7 Å². The van der Waals surface area contributed by atoms with Crippen molar-refractivity contribution in [1.82, 2.24) is 5.32 Å². The van der Waals surface area contributed by atoms with Gasteiger partial charge in [0.2, 0.25) is 0 Å². The van der Waals surface area contributed by atoms with Crippen LogP contribution >= 0.6 is 0 Å². The SMILES string of the molecule is CCOC(=O)COc1ccc(C2C(C(=O)OCC)=C(C)NC(C)=C2C(=O)OCC)cc1OC. The summed E-state index contributed by atoms with van der Waals surface area (Å²) in [6.45, 7) is 8.97. The molecule has 1 heterocycles. The minimum absolute atomic E-state index is 0.184. The normalized spacial score (nSPS) is 13.9. The van der Waals surface area contributed by atoms with Crippen LogP contribution in [-0.4, -0.2) is 51.4 Å². The summed E-state index contributed by atoms with van der Waals surface area (Å²) in [7, 11) is 1.46. The number of carbonyl (C=O) groups is 3. The first-order valence-corrected chi connectivity index (χ1v) is 10.8. The van der Waals surface area contributed by atoms with Gasteiger partial charge in [0.25, 0.3) is 0 Å². The van der Waals surface area contributed by atoms with E-state index in [0.717, 1.165) is 0 Å². The highest BCUT2D eigenvalue weighted by atomic mass is 16.6. The molecule has 1 aromatic carbocycles. The van der Waals surface area contributed by atoms with Crippen LogP contribution in [0.4, 0.5) is 0 Å².